The minimum atomic E-state index is -1.36. The van der Waals surface area contributed by atoms with Gasteiger partial charge in [0.2, 0.25) is 0 Å². The van der Waals surface area contributed by atoms with Gasteiger partial charge in [0.15, 0.2) is 5.78 Å². The van der Waals surface area contributed by atoms with Crippen LogP contribution >= 0.6 is 11.6 Å². The average molecular weight is 307 g/mol. The van der Waals surface area contributed by atoms with Gasteiger partial charge in [-0.1, -0.05) is 23.7 Å². The molecule has 0 aromatic heterocycles. The van der Waals surface area contributed by atoms with Gasteiger partial charge >= 0.3 is 0 Å². The summed E-state index contributed by atoms with van der Waals surface area (Å²) in [6.45, 7) is 3.63. The second-order valence-electron chi connectivity index (χ2n) is 4.63. The van der Waals surface area contributed by atoms with Crippen LogP contribution in [0.25, 0.3) is 0 Å². The number of ketones is 1. The van der Waals surface area contributed by atoms with Crippen molar-refractivity contribution in [2.75, 3.05) is 0 Å². The Morgan fingerprint density at radius 3 is 2.40 bits per heavy atom. The number of hydrogen-bond donors (Lipinski definition) is 0. The van der Waals surface area contributed by atoms with Gasteiger partial charge in [0.1, 0.15) is 0 Å². The van der Waals surface area contributed by atoms with Crippen LogP contribution in [-0.2, 0) is 10.8 Å². The smallest absolute Gasteiger partial charge is 0.178 e. The third-order valence-electron chi connectivity index (χ3n) is 3.04. The Morgan fingerprint density at radius 2 is 1.80 bits per heavy atom. The molecule has 0 bridgehead atoms. The molecule has 2 atom stereocenters. The molecule has 0 radical (unpaired) electrons. The summed E-state index contributed by atoms with van der Waals surface area (Å²) in [4.78, 5) is 13.0. The molecule has 0 amide bonds. The number of benzene rings is 2. The van der Waals surface area contributed by atoms with E-state index in [0.29, 0.717) is 15.5 Å². The summed E-state index contributed by atoms with van der Waals surface area (Å²) in [6.07, 6.45) is 0. The van der Waals surface area contributed by atoms with Crippen LogP contribution in [0.4, 0.5) is 0 Å². The minimum absolute atomic E-state index is 0.137. The fraction of sp³-hybridized carbons (Fsp3) is 0.188. The molecule has 20 heavy (non-hydrogen) atoms. The Morgan fingerprint density at radius 1 is 1.15 bits per heavy atom. The van der Waals surface area contributed by atoms with Crippen LogP contribution in [-0.4, -0.2) is 15.2 Å². The van der Waals surface area contributed by atoms with Crippen molar-refractivity contribution in [3.05, 3.63) is 64.7 Å². The zero-order valence-corrected chi connectivity index (χ0v) is 12.9. The van der Waals surface area contributed by atoms with Crippen LogP contribution in [0.2, 0.25) is 5.02 Å². The number of carbonyl (C=O) groups excluding carboxylic acids is 1. The van der Waals surface area contributed by atoms with Gasteiger partial charge in [-0.05, 0) is 55.8 Å². The minimum Gasteiger partial charge on any atom is -0.293 e. The molecule has 0 heterocycles. The van der Waals surface area contributed by atoms with Gasteiger partial charge in [-0.2, -0.15) is 0 Å². The molecule has 2 rings (SSSR count). The van der Waals surface area contributed by atoms with Crippen molar-refractivity contribution in [3.63, 3.8) is 0 Å². The third-order valence-corrected chi connectivity index (χ3v) is 4.87. The van der Waals surface area contributed by atoms with Crippen molar-refractivity contribution in [2.24, 2.45) is 0 Å². The first kappa shape index (κ1) is 14.9. The van der Waals surface area contributed by atoms with Crippen LogP contribution < -0.4 is 0 Å². The summed E-state index contributed by atoms with van der Waals surface area (Å²) in [6, 6.07) is 14.1. The average Bonchev–Trinajstić information content (AvgIpc) is 2.46. The van der Waals surface area contributed by atoms with Crippen molar-refractivity contribution in [2.45, 2.75) is 24.0 Å². The Kier molecular flexibility index (Phi) is 4.73. The first-order valence-corrected chi connectivity index (χ1v) is 7.85. The maximum atomic E-state index is 12.4. The van der Waals surface area contributed by atoms with E-state index in [2.05, 4.69) is 0 Å². The molecule has 0 aliphatic carbocycles. The summed E-state index contributed by atoms with van der Waals surface area (Å²) in [7, 11) is -1.36. The summed E-state index contributed by atoms with van der Waals surface area (Å²) in [5.41, 5.74) is 1.56. The SMILES string of the molecule is Cc1cccc(S(=O)C(C)C(=O)c2ccc(Cl)cc2)c1. The third kappa shape index (κ3) is 3.35. The Balaban J connectivity index is 2.22. The summed E-state index contributed by atoms with van der Waals surface area (Å²) in [5, 5.41) is -0.00742. The molecule has 0 fully saturated rings. The van der Waals surface area contributed by atoms with Gasteiger partial charge < -0.3 is 0 Å². The lowest BCUT2D eigenvalue weighted by atomic mass is 10.1. The summed E-state index contributed by atoms with van der Waals surface area (Å²) < 4.78 is 12.4. The number of carbonyl (C=O) groups is 1. The van der Waals surface area contributed by atoms with E-state index in [4.69, 9.17) is 11.6 Å². The lowest BCUT2D eigenvalue weighted by Gasteiger charge is -2.11. The fourth-order valence-corrected chi connectivity index (χ4v) is 3.27. The molecule has 0 saturated heterocycles. The van der Waals surface area contributed by atoms with Crippen LogP contribution in [0.5, 0.6) is 0 Å². The second kappa shape index (κ2) is 6.33. The maximum Gasteiger partial charge on any atom is 0.178 e. The van der Waals surface area contributed by atoms with E-state index in [9.17, 15) is 9.00 Å². The van der Waals surface area contributed by atoms with E-state index in [1.165, 1.54) is 0 Å². The lowest BCUT2D eigenvalue weighted by molar-refractivity contribution is 0.0992. The molecule has 0 N–H and O–H groups in total. The van der Waals surface area contributed by atoms with Crippen LogP contribution in [0.15, 0.2) is 53.4 Å². The quantitative estimate of drug-likeness (QED) is 0.799. The fourth-order valence-electron chi connectivity index (χ4n) is 1.89. The molecule has 104 valence electrons. The van der Waals surface area contributed by atoms with Crippen molar-refractivity contribution in [1.82, 2.24) is 0 Å². The van der Waals surface area contributed by atoms with Crippen LogP contribution in [0.3, 0.4) is 0 Å². The zero-order valence-electron chi connectivity index (χ0n) is 11.3. The van der Waals surface area contributed by atoms with E-state index in [1.807, 2.05) is 25.1 Å². The first-order valence-electron chi connectivity index (χ1n) is 6.26. The van der Waals surface area contributed by atoms with Gasteiger partial charge in [-0.25, -0.2) is 0 Å². The number of hydrogen-bond acceptors (Lipinski definition) is 2. The molecule has 0 aliphatic rings. The molecule has 2 aromatic rings. The Bertz CT molecular complexity index is 650. The van der Waals surface area contributed by atoms with Gasteiger partial charge in [-0.3, -0.25) is 9.00 Å². The molecule has 2 aromatic carbocycles. The van der Waals surface area contributed by atoms with Gasteiger partial charge in [0.25, 0.3) is 0 Å². The number of halogens is 1. The number of Topliss-reactive ketones (excluding diaryl/α,β-unsaturated/α-hetero) is 1. The van der Waals surface area contributed by atoms with Crippen LogP contribution in [0.1, 0.15) is 22.8 Å². The number of rotatable bonds is 4. The molecule has 2 unspecified atom stereocenters. The highest BCUT2D eigenvalue weighted by Gasteiger charge is 2.22. The zero-order chi connectivity index (χ0) is 14.7. The molecular formula is C16H15ClO2S. The molecule has 0 saturated carbocycles. The van der Waals surface area contributed by atoms with E-state index >= 15 is 0 Å². The molecule has 0 aliphatic heterocycles. The van der Waals surface area contributed by atoms with Gasteiger partial charge in [-0.15, -0.1) is 0 Å². The van der Waals surface area contributed by atoms with Gasteiger partial charge in [0, 0.05) is 15.5 Å². The van der Waals surface area contributed by atoms with Crippen molar-refractivity contribution in [3.8, 4) is 0 Å². The predicted molar refractivity (Wildman–Crippen MR) is 82.8 cm³/mol. The highest BCUT2D eigenvalue weighted by molar-refractivity contribution is 7.86. The summed E-state index contributed by atoms with van der Waals surface area (Å²) >= 11 is 5.80. The Labute approximate surface area is 126 Å². The normalized spacial score (nSPS) is 13.8. The highest BCUT2D eigenvalue weighted by Crippen LogP contribution is 2.18. The van der Waals surface area contributed by atoms with Crippen molar-refractivity contribution < 1.29 is 9.00 Å². The maximum absolute atomic E-state index is 12.4. The first-order chi connectivity index (χ1) is 9.49. The van der Waals surface area contributed by atoms with Crippen molar-refractivity contribution in [1.29, 1.82) is 0 Å². The van der Waals surface area contributed by atoms with E-state index in [0.717, 1.165) is 5.56 Å². The molecule has 0 spiro atoms. The lowest BCUT2D eigenvalue weighted by Crippen LogP contribution is -2.22. The monoisotopic (exact) mass is 306 g/mol. The standard InChI is InChI=1S/C16H15ClO2S/c1-11-4-3-5-15(10-11)20(19)12(2)16(18)13-6-8-14(17)9-7-13/h3-10,12H,1-2H3. The molecule has 2 nitrogen and oxygen atoms in total. The van der Waals surface area contributed by atoms with E-state index in [1.54, 1.807) is 37.3 Å². The van der Waals surface area contributed by atoms with Crippen molar-refractivity contribution >= 4 is 28.2 Å². The highest BCUT2D eigenvalue weighted by atomic mass is 35.5. The van der Waals surface area contributed by atoms with Gasteiger partial charge in [0.05, 0.1) is 16.0 Å². The molecule has 4 heteroatoms. The predicted octanol–water partition coefficient (Wildman–Crippen LogP) is 4.03. The largest absolute Gasteiger partial charge is 0.293 e. The van der Waals surface area contributed by atoms with E-state index in [-0.39, 0.29) is 5.78 Å². The van der Waals surface area contributed by atoms with Crippen LogP contribution in [0, 0.1) is 6.92 Å². The number of aryl methyl sites for hydroxylation is 1. The Hall–Kier alpha value is -1.45. The second-order valence-corrected chi connectivity index (χ2v) is 6.84. The van der Waals surface area contributed by atoms with E-state index < -0.39 is 16.0 Å². The molecular weight excluding hydrogens is 292 g/mol. The topological polar surface area (TPSA) is 34.1 Å². The summed E-state index contributed by atoms with van der Waals surface area (Å²) in [5.74, 6) is -0.137.